The molecule has 0 aromatic carbocycles. The van der Waals surface area contributed by atoms with E-state index >= 15 is 0 Å². The van der Waals surface area contributed by atoms with Gasteiger partial charge in [-0.25, -0.2) is 0 Å². The lowest BCUT2D eigenvalue weighted by atomic mass is 10.1. The molecule has 0 aliphatic heterocycles. The number of rotatable bonds is 27. The summed E-state index contributed by atoms with van der Waals surface area (Å²) in [6, 6.07) is 0. The van der Waals surface area contributed by atoms with Gasteiger partial charge in [-0.05, 0) is 32.1 Å². The van der Waals surface area contributed by atoms with Crippen molar-refractivity contribution in [3.8, 4) is 0 Å². The van der Waals surface area contributed by atoms with Crippen molar-refractivity contribution in [1.29, 1.82) is 0 Å². The fourth-order valence-electron chi connectivity index (χ4n) is 5.33. The van der Waals surface area contributed by atoms with Crippen LogP contribution in [0.15, 0.2) is 37.0 Å². The smallest absolute Gasteiger partial charge is 0.461 e. The minimum absolute atomic E-state index is 0.316. The van der Waals surface area contributed by atoms with Gasteiger partial charge in [0.15, 0.2) is 0 Å². The summed E-state index contributed by atoms with van der Waals surface area (Å²) >= 11 is -1.64. The Kier molecular flexibility index (Phi) is 42.8. The molecule has 0 saturated carbocycles. The van der Waals surface area contributed by atoms with E-state index in [-0.39, 0.29) is 0 Å². The van der Waals surface area contributed by atoms with Crippen molar-refractivity contribution in [2.75, 3.05) is 13.2 Å². The molecule has 5 heteroatoms. The first-order chi connectivity index (χ1) is 21.7. The Hall–Kier alpha value is 0.737. The zero-order chi connectivity index (χ0) is 35.6. The molecule has 0 aromatic rings. The summed E-state index contributed by atoms with van der Waals surface area (Å²) in [5.74, 6) is 5.03. The lowest BCUT2D eigenvalue weighted by Gasteiger charge is -2.15. The molecular weight excluding hydrogens is 605 g/mol. The minimum Gasteiger partial charge on any atom is -0.498 e. The summed E-state index contributed by atoms with van der Waals surface area (Å²) < 4.78 is 12.2. The normalized spacial score (nSPS) is 11.6. The molecule has 0 aliphatic rings. The summed E-state index contributed by atoms with van der Waals surface area (Å²) in [7, 11) is 0. The van der Waals surface area contributed by atoms with Crippen LogP contribution in [0.4, 0.5) is 0 Å². The number of hydrogen-bond acceptors (Lipinski definition) is 2. The molecule has 0 heterocycles. The first-order valence-corrected chi connectivity index (χ1v) is 26.1. The summed E-state index contributed by atoms with van der Waals surface area (Å²) in [4.78, 5) is 0. The molecule has 0 saturated heterocycles. The van der Waals surface area contributed by atoms with Gasteiger partial charge >= 0.3 is 29.0 Å². The standard InChI is InChI=1S/C9H17O.C8H13O.6C4H9.3Al.H/c1-2-3-4-5-6-7-8-9-10;1-2-3-4-5-6-7-8-9;6*1-4(2)3;;;;/h7-8H,2-6,9H2,1H3;2,6-7H,1,3-5,8H2;6*4H,1H2,2-3H3;;;;/q2*-1;;;;;;;;2*+1;/b8-7+;7-6+;;;;;;;;;;. The van der Waals surface area contributed by atoms with Crippen molar-refractivity contribution >= 4 is 44.2 Å². The summed E-state index contributed by atoms with van der Waals surface area (Å²) in [6.45, 7) is 35.4. The van der Waals surface area contributed by atoms with E-state index in [4.69, 9.17) is 7.58 Å². The van der Waals surface area contributed by atoms with Gasteiger partial charge in [0.25, 0.3) is 0 Å². The van der Waals surface area contributed by atoms with Crippen LogP contribution in [0, 0.1) is 35.5 Å². The third-order valence-corrected chi connectivity index (χ3v) is 18.0. The molecule has 2 nitrogen and oxygen atoms in total. The monoisotopic (exact) mass is 691 g/mol. The topological polar surface area (TPSA) is 18.5 Å². The van der Waals surface area contributed by atoms with E-state index in [0.717, 1.165) is 61.6 Å². The highest BCUT2D eigenvalue weighted by molar-refractivity contribution is 6.52. The largest absolute Gasteiger partial charge is 0.498 e. The highest BCUT2D eigenvalue weighted by Gasteiger charge is 2.23. The predicted molar refractivity (Wildman–Crippen MR) is 220 cm³/mol. The average molecular weight is 691 g/mol. The average Bonchev–Trinajstić information content (AvgIpc) is 2.93. The lowest BCUT2D eigenvalue weighted by Crippen LogP contribution is -2.22. The molecule has 0 N–H and O–H groups in total. The highest BCUT2D eigenvalue weighted by Crippen LogP contribution is 2.16. The van der Waals surface area contributed by atoms with Gasteiger partial charge in [0.05, 0.1) is 0 Å². The second-order valence-corrected chi connectivity index (χ2v) is 23.1. The molecule has 0 aliphatic carbocycles. The third kappa shape index (κ3) is 49.1. The van der Waals surface area contributed by atoms with E-state index in [1.54, 1.807) is 0 Å². The lowest BCUT2D eigenvalue weighted by molar-refractivity contribution is 0.353. The Morgan fingerprint density at radius 3 is 1.22 bits per heavy atom. The summed E-state index contributed by atoms with van der Waals surface area (Å²) in [6.07, 6.45) is 21.1. The second kappa shape index (κ2) is 38.5. The SMILES string of the molecule is C=CCCC/C=C/C[O][Al]([CH2]C(C)C)[CH2]C(C)C.CC(C)[CH2][AlH][CH2]C(C)C.CCCCCC/C=C/C[O][Al]([CH2]C(C)C)[CH2]C(C)C. The molecule has 0 unspecified atom stereocenters. The summed E-state index contributed by atoms with van der Waals surface area (Å²) in [5.41, 5.74) is 0. The molecule has 0 bridgehead atoms. The summed E-state index contributed by atoms with van der Waals surface area (Å²) in [5, 5.41) is 8.34. The van der Waals surface area contributed by atoms with E-state index in [2.05, 4.69) is 121 Å². The van der Waals surface area contributed by atoms with Crippen LogP contribution in [0.1, 0.15) is 141 Å². The Bertz CT molecular complexity index is 628. The van der Waals surface area contributed by atoms with Crippen LogP contribution in [0.3, 0.4) is 0 Å². The second-order valence-electron chi connectivity index (χ2n) is 16.2. The van der Waals surface area contributed by atoms with Crippen molar-refractivity contribution < 1.29 is 7.58 Å². The van der Waals surface area contributed by atoms with Gasteiger partial charge in [0.2, 0.25) is 15.2 Å². The zero-order valence-electron chi connectivity index (χ0n) is 34.0. The van der Waals surface area contributed by atoms with Crippen LogP contribution in [-0.4, -0.2) is 57.4 Å². The van der Waals surface area contributed by atoms with Crippen molar-refractivity contribution in [3.05, 3.63) is 37.0 Å². The van der Waals surface area contributed by atoms with Crippen LogP contribution in [-0.2, 0) is 7.58 Å². The molecule has 0 radical (unpaired) electrons. The van der Waals surface area contributed by atoms with Crippen LogP contribution >= 0.6 is 0 Å². The van der Waals surface area contributed by atoms with Gasteiger partial charge in [-0.2, -0.15) is 0 Å². The van der Waals surface area contributed by atoms with Crippen LogP contribution in [0.25, 0.3) is 0 Å². The number of unbranched alkanes of at least 4 members (excludes halogenated alkanes) is 6. The number of hydrogen-bond donors (Lipinski definition) is 0. The van der Waals surface area contributed by atoms with Crippen LogP contribution < -0.4 is 0 Å². The van der Waals surface area contributed by atoms with Gasteiger partial charge < -0.3 is 7.58 Å². The van der Waals surface area contributed by atoms with E-state index in [0.29, 0.717) is 15.2 Å². The molecule has 0 rings (SSSR count). The van der Waals surface area contributed by atoms with Gasteiger partial charge in [0.1, 0.15) is 0 Å². The first kappa shape index (κ1) is 51.1. The molecule has 0 amide bonds. The highest BCUT2D eigenvalue weighted by atomic mass is 27.2. The van der Waals surface area contributed by atoms with Gasteiger partial charge in [-0.15, -0.1) is 6.58 Å². The van der Waals surface area contributed by atoms with E-state index < -0.39 is 29.0 Å². The Labute approximate surface area is 308 Å². The van der Waals surface area contributed by atoms with E-state index in [1.165, 1.54) is 70.2 Å². The zero-order valence-corrected chi connectivity index (χ0v) is 37.8. The Morgan fingerprint density at radius 1 is 0.500 bits per heavy atom. The Balaban J connectivity index is -0.000000641. The van der Waals surface area contributed by atoms with Gasteiger partial charge in [0, 0.05) is 13.2 Å². The quantitative estimate of drug-likeness (QED) is 0.0485. The minimum atomic E-state index is -0.982. The molecule has 0 aromatic heterocycles. The first-order valence-electron chi connectivity index (χ1n) is 19.9. The van der Waals surface area contributed by atoms with Gasteiger partial charge in [-0.1, -0.05) is 207 Å². The van der Waals surface area contributed by atoms with Crippen molar-refractivity contribution in [2.45, 2.75) is 173 Å². The van der Waals surface area contributed by atoms with Crippen molar-refractivity contribution in [1.82, 2.24) is 0 Å². The molecule has 46 heavy (non-hydrogen) atoms. The fraction of sp³-hybridized carbons (Fsp3) is 0.854. The molecule has 0 spiro atoms. The van der Waals surface area contributed by atoms with E-state index in [1.807, 2.05) is 6.08 Å². The fourth-order valence-corrected chi connectivity index (χ4v) is 13.1. The molecule has 0 fully saturated rings. The van der Waals surface area contributed by atoms with Crippen molar-refractivity contribution in [3.63, 3.8) is 0 Å². The molecule has 270 valence electrons. The van der Waals surface area contributed by atoms with Crippen LogP contribution in [0.5, 0.6) is 0 Å². The van der Waals surface area contributed by atoms with Crippen molar-refractivity contribution in [2.24, 2.45) is 35.5 Å². The molecule has 0 atom stereocenters. The third-order valence-electron chi connectivity index (χ3n) is 7.69. The maximum absolute atomic E-state index is 6.14. The maximum Gasteiger partial charge on any atom is 0.461 e. The van der Waals surface area contributed by atoms with Crippen LogP contribution in [0.2, 0.25) is 31.7 Å². The number of allylic oxidation sites excluding steroid dienone is 3. The molecular formula is C41H85Al3O2. The predicted octanol–water partition coefficient (Wildman–Crippen LogP) is 13.6. The van der Waals surface area contributed by atoms with E-state index in [9.17, 15) is 0 Å². The van der Waals surface area contributed by atoms with Gasteiger partial charge in [-0.3, -0.25) is 0 Å². The Morgan fingerprint density at radius 2 is 0.891 bits per heavy atom. The maximum atomic E-state index is 6.14.